The van der Waals surface area contributed by atoms with Crippen molar-refractivity contribution >= 4 is 11.9 Å². The van der Waals surface area contributed by atoms with Gasteiger partial charge in [-0.1, -0.05) is 0 Å². The molecule has 8 heteroatoms. The fourth-order valence-electron chi connectivity index (χ4n) is 1.07. The van der Waals surface area contributed by atoms with E-state index in [9.17, 15) is 27.2 Å². The van der Waals surface area contributed by atoms with Crippen molar-refractivity contribution in [3.05, 3.63) is 34.9 Å². The molecule has 4 nitrogen and oxygen atoms in total. The van der Waals surface area contributed by atoms with E-state index in [4.69, 9.17) is 5.11 Å². The molecule has 1 rings (SSSR count). The Morgan fingerprint density at radius 3 is 2.22 bits per heavy atom. The average molecular weight is 265 g/mol. The van der Waals surface area contributed by atoms with Crippen molar-refractivity contribution in [1.82, 2.24) is 5.32 Å². The molecule has 0 bridgehead atoms. The van der Waals surface area contributed by atoms with Crippen LogP contribution in [0.2, 0.25) is 0 Å². The number of carboxylic acids is 1. The smallest absolute Gasteiger partial charge is 0.325 e. The Bertz CT molecular complexity index is 518. The molecule has 2 N–H and O–H groups in total. The summed E-state index contributed by atoms with van der Waals surface area (Å²) in [6.45, 7) is 1.06. The van der Waals surface area contributed by atoms with Crippen LogP contribution in [0.1, 0.15) is 17.3 Å². The maximum atomic E-state index is 13.2. The summed E-state index contributed by atoms with van der Waals surface area (Å²) >= 11 is 0. The van der Waals surface area contributed by atoms with Crippen molar-refractivity contribution < 1.29 is 32.3 Å². The van der Waals surface area contributed by atoms with Gasteiger partial charge in [0.25, 0.3) is 5.91 Å². The molecular formula is C10H7F4NO3. The Morgan fingerprint density at radius 2 is 1.72 bits per heavy atom. The summed E-state index contributed by atoms with van der Waals surface area (Å²) in [5, 5.41) is 10.3. The Labute approximate surface area is 98.2 Å². The number of halogens is 4. The van der Waals surface area contributed by atoms with Gasteiger partial charge in [-0.05, 0) is 13.0 Å². The minimum Gasteiger partial charge on any atom is -0.480 e. The predicted molar refractivity (Wildman–Crippen MR) is 50.8 cm³/mol. The molecule has 1 aromatic carbocycles. The summed E-state index contributed by atoms with van der Waals surface area (Å²) in [5.74, 6) is -10.6. The number of nitrogens with one attached hydrogen (secondary N) is 1. The van der Waals surface area contributed by atoms with Gasteiger partial charge in [0, 0.05) is 0 Å². The highest BCUT2D eigenvalue weighted by atomic mass is 19.2. The number of carboxylic acid groups (broad SMARTS) is 1. The third-order valence-electron chi connectivity index (χ3n) is 2.07. The quantitative estimate of drug-likeness (QED) is 0.494. The van der Waals surface area contributed by atoms with Crippen LogP contribution >= 0.6 is 0 Å². The molecule has 0 radical (unpaired) electrons. The molecule has 1 atom stereocenters. The average Bonchev–Trinajstić information content (AvgIpc) is 2.30. The van der Waals surface area contributed by atoms with E-state index in [0.717, 1.165) is 6.92 Å². The fourth-order valence-corrected chi connectivity index (χ4v) is 1.07. The molecule has 0 saturated heterocycles. The predicted octanol–water partition coefficient (Wildman–Crippen LogP) is 1.45. The monoisotopic (exact) mass is 265 g/mol. The number of hydrogen-bond donors (Lipinski definition) is 2. The first kappa shape index (κ1) is 13.9. The maximum Gasteiger partial charge on any atom is 0.325 e. The van der Waals surface area contributed by atoms with Crippen molar-refractivity contribution in [3.63, 3.8) is 0 Å². The van der Waals surface area contributed by atoms with Gasteiger partial charge in [0.15, 0.2) is 23.3 Å². The molecule has 0 aliphatic carbocycles. The lowest BCUT2D eigenvalue weighted by molar-refractivity contribution is -0.138. The van der Waals surface area contributed by atoms with E-state index >= 15 is 0 Å². The van der Waals surface area contributed by atoms with Crippen molar-refractivity contribution in [1.29, 1.82) is 0 Å². The lowest BCUT2D eigenvalue weighted by atomic mass is 10.1. The largest absolute Gasteiger partial charge is 0.480 e. The molecule has 0 aromatic heterocycles. The van der Waals surface area contributed by atoms with Gasteiger partial charge in [-0.2, -0.15) is 0 Å². The van der Waals surface area contributed by atoms with E-state index in [1.165, 1.54) is 0 Å². The lowest BCUT2D eigenvalue weighted by Gasteiger charge is -2.10. The highest BCUT2D eigenvalue weighted by molar-refractivity contribution is 5.96. The zero-order valence-corrected chi connectivity index (χ0v) is 8.93. The fraction of sp³-hybridized carbons (Fsp3) is 0.200. The molecular weight excluding hydrogens is 258 g/mol. The number of aliphatic carboxylic acids is 1. The van der Waals surface area contributed by atoms with Crippen LogP contribution in [-0.2, 0) is 4.79 Å². The van der Waals surface area contributed by atoms with Gasteiger partial charge in [0.2, 0.25) is 0 Å². The van der Waals surface area contributed by atoms with E-state index in [1.807, 2.05) is 0 Å². The molecule has 0 fully saturated rings. The standard InChI is InChI=1S/C10H7F4NO3/c1-3(10(17)18)15-9(16)4-2-5(11)7(13)8(14)6(4)12/h2-3H,1H3,(H,15,16)(H,17,18)/t3-/m1/s1. The molecule has 0 unspecified atom stereocenters. The summed E-state index contributed by atoms with van der Waals surface area (Å²) in [7, 11) is 0. The first-order valence-electron chi connectivity index (χ1n) is 4.62. The van der Waals surface area contributed by atoms with Crippen LogP contribution in [0.25, 0.3) is 0 Å². The molecule has 18 heavy (non-hydrogen) atoms. The number of hydrogen-bond acceptors (Lipinski definition) is 2. The Morgan fingerprint density at radius 1 is 1.17 bits per heavy atom. The topological polar surface area (TPSA) is 66.4 Å². The van der Waals surface area contributed by atoms with Crippen LogP contribution in [0, 0.1) is 23.3 Å². The number of carbonyl (C=O) groups excluding carboxylic acids is 1. The molecule has 0 spiro atoms. The summed E-state index contributed by atoms with van der Waals surface area (Å²) in [5.41, 5.74) is -1.11. The van der Waals surface area contributed by atoms with Crippen LogP contribution in [0.4, 0.5) is 17.6 Å². The van der Waals surface area contributed by atoms with Crippen LogP contribution in [0.5, 0.6) is 0 Å². The van der Waals surface area contributed by atoms with Gasteiger partial charge < -0.3 is 10.4 Å². The maximum absolute atomic E-state index is 13.2. The Kier molecular flexibility index (Phi) is 3.89. The van der Waals surface area contributed by atoms with Crippen molar-refractivity contribution in [2.45, 2.75) is 13.0 Å². The highest BCUT2D eigenvalue weighted by Crippen LogP contribution is 2.18. The first-order valence-corrected chi connectivity index (χ1v) is 4.62. The van der Waals surface area contributed by atoms with E-state index in [2.05, 4.69) is 0 Å². The molecule has 1 amide bonds. The Balaban J connectivity index is 3.11. The minimum atomic E-state index is -2.14. The van der Waals surface area contributed by atoms with Gasteiger partial charge >= 0.3 is 5.97 Å². The van der Waals surface area contributed by atoms with Gasteiger partial charge in [-0.3, -0.25) is 9.59 Å². The molecule has 0 aliphatic heterocycles. The summed E-state index contributed by atoms with van der Waals surface area (Å²) in [6.07, 6.45) is 0. The van der Waals surface area contributed by atoms with Gasteiger partial charge in [-0.25, -0.2) is 17.6 Å². The summed E-state index contributed by atoms with van der Waals surface area (Å²) < 4.78 is 51.4. The third-order valence-corrected chi connectivity index (χ3v) is 2.07. The van der Waals surface area contributed by atoms with E-state index < -0.39 is 46.8 Å². The van der Waals surface area contributed by atoms with Crippen molar-refractivity contribution in [3.8, 4) is 0 Å². The van der Waals surface area contributed by atoms with Crippen LogP contribution < -0.4 is 5.32 Å². The molecule has 0 saturated carbocycles. The zero-order chi connectivity index (χ0) is 14.0. The second kappa shape index (κ2) is 5.03. The number of carbonyl (C=O) groups is 2. The second-order valence-electron chi connectivity index (χ2n) is 3.38. The second-order valence-corrected chi connectivity index (χ2v) is 3.38. The van der Waals surface area contributed by atoms with Gasteiger partial charge in [0.05, 0.1) is 5.56 Å². The van der Waals surface area contributed by atoms with Gasteiger partial charge in [0.1, 0.15) is 6.04 Å². The zero-order valence-electron chi connectivity index (χ0n) is 8.93. The number of benzene rings is 1. The SMILES string of the molecule is C[C@@H](NC(=O)c1cc(F)c(F)c(F)c1F)C(=O)O. The minimum absolute atomic E-state index is 0.150. The van der Waals surface area contributed by atoms with Crippen molar-refractivity contribution in [2.24, 2.45) is 0 Å². The lowest BCUT2D eigenvalue weighted by Crippen LogP contribution is -2.38. The van der Waals surface area contributed by atoms with Crippen molar-refractivity contribution in [2.75, 3.05) is 0 Å². The Hall–Kier alpha value is -2.12. The first-order chi connectivity index (χ1) is 8.25. The number of amides is 1. The van der Waals surface area contributed by atoms with Crippen LogP contribution in [0.15, 0.2) is 6.07 Å². The molecule has 0 aliphatic rings. The third kappa shape index (κ3) is 2.58. The van der Waals surface area contributed by atoms with E-state index in [0.29, 0.717) is 0 Å². The van der Waals surface area contributed by atoms with Crippen LogP contribution in [-0.4, -0.2) is 23.0 Å². The summed E-state index contributed by atoms with van der Waals surface area (Å²) in [6, 6.07) is -1.24. The highest BCUT2D eigenvalue weighted by Gasteiger charge is 2.24. The molecule has 98 valence electrons. The molecule has 1 aromatic rings. The normalized spacial score (nSPS) is 12.1. The number of rotatable bonds is 3. The van der Waals surface area contributed by atoms with E-state index in [1.54, 1.807) is 5.32 Å². The van der Waals surface area contributed by atoms with Gasteiger partial charge in [-0.15, -0.1) is 0 Å². The molecule has 0 heterocycles. The van der Waals surface area contributed by atoms with E-state index in [-0.39, 0.29) is 6.07 Å². The summed E-state index contributed by atoms with van der Waals surface area (Å²) in [4.78, 5) is 21.7. The van der Waals surface area contributed by atoms with Crippen LogP contribution in [0.3, 0.4) is 0 Å².